The highest BCUT2D eigenvalue weighted by Gasteiger charge is 2.08. The molecule has 144 valence electrons. The molecule has 28 heavy (non-hydrogen) atoms. The minimum atomic E-state index is -0.801. The normalized spacial score (nSPS) is 10.5. The molecule has 0 atom stereocenters. The third kappa shape index (κ3) is 4.59. The molecular formula is C22H22N2O4. The minimum Gasteiger partial charge on any atom is -0.481 e. The smallest absolute Gasteiger partial charge is 0.310 e. The van der Waals surface area contributed by atoms with Crippen LogP contribution in [0.15, 0.2) is 60.9 Å². The number of carbonyl (C=O) groups is 2. The van der Waals surface area contributed by atoms with Gasteiger partial charge in [-0.2, -0.15) is 0 Å². The average molecular weight is 378 g/mol. The van der Waals surface area contributed by atoms with Crippen molar-refractivity contribution in [3.05, 3.63) is 72.1 Å². The molecule has 4 rings (SSSR count). The van der Waals surface area contributed by atoms with Gasteiger partial charge in [-0.3, -0.25) is 9.59 Å². The monoisotopic (exact) mass is 378 g/mol. The second-order valence-electron chi connectivity index (χ2n) is 6.27. The zero-order valence-electron chi connectivity index (χ0n) is 15.6. The summed E-state index contributed by atoms with van der Waals surface area (Å²) in [6.45, 7) is 2.24. The fraction of sp³-hybridized carbons (Fsp3) is 0.182. The minimum absolute atomic E-state index is 0.0734. The highest BCUT2D eigenvalue weighted by molar-refractivity contribution is 5.87. The first-order valence-electron chi connectivity index (χ1n) is 9.06. The van der Waals surface area contributed by atoms with E-state index in [0.717, 1.165) is 32.9 Å². The van der Waals surface area contributed by atoms with Gasteiger partial charge in [0.05, 0.1) is 19.4 Å². The van der Waals surface area contributed by atoms with E-state index < -0.39 is 5.97 Å². The van der Waals surface area contributed by atoms with Crippen LogP contribution in [0.1, 0.15) is 18.1 Å². The maximum absolute atomic E-state index is 11.3. The summed E-state index contributed by atoms with van der Waals surface area (Å²) in [6, 6.07) is 15.6. The largest absolute Gasteiger partial charge is 0.481 e. The number of hydrogen-bond acceptors (Lipinski definition) is 3. The molecule has 2 aromatic carbocycles. The van der Waals surface area contributed by atoms with Gasteiger partial charge >= 0.3 is 11.9 Å². The standard InChI is InChI=1S/C12H13NO2.C10H9NO2/c1-2-15-12(14)7-9-8-13-11-6-4-3-5-10(9)11;12-10(13)5-7-6-11-9-4-2-1-3-8(7)9/h3-6,8,13H,2,7H2,1H3;1-4,6,11H,5H2,(H,12,13). The van der Waals surface area contributed by atoms with E-state index >= 15 is 0 Å². The number of hydrogen-bond donors (Lipinski definition) is 3. The number of para-hydroxylation sites is 2. The third-order valence-corrected chi connectivity index (χ3v) is 4.33. The number of benzene rings is 2. The van der Waals surface area contributed by atoms with Gasteiger partial charge in [0, 0.05) is 34.2 Å². The van der Waals surface area contributed by atoms with Crippen molar-refractivity contribution in [2.45, 2.75) is 19.8 Å². The first kappa shape index (κ1) is 19.2. The summed E-state index contributed by atoms with van der Waals surface area (Å²) in [5.41, 5.74) is 3.86. The van der Waals surface area contributed by atoms with E-state index in [-0.39, 0.29) is 12.4 Å². The number of H-pyrrole nitrogens is 2. The Morgan fingerprint density at radius 3 is 1.86 bits per heavy atom. The van der Waals surface area contributed by atoms with Crippen molar-refractivity contribution in [2.24, 2.45) is 0 Å². The molecule has 2 aromatic heterocycles. The van der Waals surface area contributed by atoms with Crippen LogP contribution >= 0.6 is 0 Å². The lowest BCUT2D eigenvalue weighted by Gasteiger charge is -2.00. The van der Waals surface area contributed by atoms with Gasteiger partial charge in [-0.15, -0.1) is 0 Å². The summed E-state index contributed by atoms with van der Waals surface area (Å²) in [5, 5.41) is 10.7. The predicted molar refractivity (Wildman–Crippen MR) is 108 cm³/mol. The number of fused-ring (bicyclic) bond motifs is 2. The Morgan fingerprint density at radius 1 is 0.857 bits per heavy atom. The quantitative estimate of drug-likeness (QED) is 0.456. The molecule has 0 saturated heterocycles. The molecule has 6 heteroatoms. The average Bonchev–Trinajstić information content (AvgIpc) is 3.27. The van der Waals surface area contributed by atoms with Gasteiger partial charge in [-0.05, 0) is 30.2 Å². The van der Waals surface area contributed by atoms with Crippen LogP contribution in [0.25, 0.3) is 21.8 Å². The number of aromatic nitrogens is 2. The van der Waals surface area contributed by atoms with Gasteiger partial charge in [-0.1, -0.05) is 36.4 Å². The molecule has 0 unspecified atom stereocenters. The van der Waals surface area contributed by atoms with E-state index in [1.165, 1.54) is 0 Å². The van der Waals surface area contributed by atoms with Crippen LogP contribution in [0, 0.1) is 0 Å². The van der Waals surface area contributed by atoms with Crippen LogP contribution in [0.4, 0.5) is 0 Å². The topological polar surface area (TPSA) is 95.2 Å². The molecule has 3 N–H and O–H groups in total. The van der Waals surface area contributed by atoms with Crippen molar-refractivity contribution < 1.29 is 19.4 Å². The van der Waals surface area contributed by atoms with Gasteiger partial charge in [0.15, 0.2) is 0 Å². The Hall–Kier alpha value is -3.54. The van der Waals surface area contributed by atoms with Crippen molar-refractivity contribution in [3.8, 4) is 0 Å². The van der Waals surface area contributed by atoms with Crippen molar-refractivity contribution >= 4 is 33.7 Å². The molecule has 0 amide bonds. The summed E-state index contributed by atoms with van der Waals surface area (Å²) in [5.74, 6) is -0.980. The maximum atomic E-state index is 11.3. The van der Waals surface area contributed by atoms with Crippen molar-refractivity contribution in [2.75, 3.05) is 6.61 Å². The fourth-order valence-corrected chi connectivity index (χ4v) is 3.09. The zero-order chi connectivity index (χ0) is 19.9. The van der Waals surface area contributed by atoms with Gasteiger partial charge in [-0.25, -0.2) is 0 Å². The highest BCUT2D eigenvalue weighted by Crippen LogP contribution is 2.18. The lowest BCUT2D eigenvalue weighted by atomic mass is 10.1. The Bertz CT molecular complexity index is 1090. The van der Waals surface area contributed by atoms with Crippen LogP contribution < -0.4 is 0 Å². The molecule has 0 radical (unpaired) electrons. The second-order valence-corrected chi connectivity index (χ2v) is 6.27. The summed E-state index contributed by atoms with van der Waals surface area (Å²) in [6.07, 6.45) is 4.02. The maximum Gasteiger partial charge on any atom is 0.310 e. The molecule has 6 nitrogen and oxygen atoms in total. The van der Waals surface area contributed by atoms with Gasteiger partial charge in [0.2, 0.25) is 0 Å². The molecule has 0 fully saturated rings. The first-order valence-corrected chi connectivity index (χ1v) is 9.06. The number of carboxylic acid groups (broad SMARTS) is 1. The van der Waals surface area contributed by atoms with Crippen LogP contribution in [-0.2, 0) is 27.2 Å². The number of nitrogens with one attached hydrogen (secondary N) is 2. The van der Waals surface area contributed by atoms with Crippen LogP contribution in [0.3, 0.4) is 0 Å². The van der Waals surface area contributed by atoms with E-state index in [9.17, 15) is 9.59 Å². The number of esters is 1. The summed E-state index contributed by atoms with van der Waals surface area (Å²) in [7, 11) is 0. The Balaban J connectivity index is 0.000000162. The highest BCUT2D eigenvalue weighted by atomic mass is 16.5. The SMILES string of the molecule is CCOC(=O)Cc1c[nH]c2ccccc12.O=C(O)Cc1c[nH]c2ccccc12. The predicted octanol–water partition coefficient (Wildman–Crippen LogP) is 4.07. The fourth-order valence-electron chi connectivity index (χ4n) is 3.09. The third-order valence-electron chi connectivity index (χ3n) is 4.33. The zero-order valence-corrected chi connectivity index (χ0v) is 15.6. The number of aliphatic carboxylic acids is 1. The van der Waals surface area contributed by atoms with E-state index in [2.05, 4.69) is 9.97 Å². The molecule has 4 aromatic rings. The summed E-state index contributed by atoms with van der Waals surface area (Å²) < 4.78 is 4.91. The first-order chi connectivity index (χ1) is 13.6. The Kier molecular flexibility index (Phi) is 6.11. The summed E-state index contributed by atoms with van der Waals surface area (Å²) in [4.78, 5) is 28.0. The Labute approximate surface area is 162 Å². The molecule has 0 spiro atoms. The Morgan fingerprint density at radius 2 is 1.36 bits per heavy atom. The molecule has 0 saturated carbocycles. The van der Waals surface area contributed by atoms with E-state index in [1.54, 1.807) is 6.20 Å². The van der Waals surface area contributed by atoms with Gasteiger partial charge < -0.3 is 19.8 Å². The second kappa shape index (κ2) is 8.90. The van der Waals surface area contributed by atoms with Crippen molar-refractivity contribution in [1.29, 1.82) is 0 Å². The van der Waals surface area contributed by atoms with Gasteiger partial charge in [0.1, 0.15) is 0 Å². The molecule has 0 aliphatic heterocycles. The lowest BCUT2D eigenvalue weighted by Crippen LogP contribution is -2.06. The number of ether oxygens (including phenoxy) is 1. The van der Waals surface area contributed by atoms with Crippen molar-refractivity contribution in [3.63, 3.8) is 0 Å². The molecule has 0 bridgehead atoms. The number of carboxylic acids is 1. The number of carbonyl (C=O) groups excluding carboxylic acids is 1. The van der Waals surface area contributed by atoms with Gasteiger partial charge in [0.25, 0.3) is 0 Å². The number of rotatable bonds is 5. The van der Waals surface area contributed by atoms with Crippen LogP contribution in [0.5, 0.6) is 0 Å². The molecule has 2 heterocycles. The van der Waals surface area contributed by atoms with Crippen molar-refractivity contribution in [1.82, 2.24) is 9.97 Å². The van der Waals surface area contributed by atoms with E-state index in [0.29, 0.717) is 13.0 Å². The van der Waals surface area contributed by atoms with E-state index in [1.807, 2.05) is 61.7 Å². The lowest BCUT2D eigenvalue weighted by molar-refractivity contribution is -0.142. The van der Waals surface area contributed by atoms with Crippen LogP contribution in [0.2, 0.25) is 0 Å². The molecule has 0 aliphatic carbocycles. The van der Waals surface area contributed by atoms with Crippen LogP contribution in [-0.4, -0.2) is 33.6 Å². The number of aromatic amines is 2. The van der Waals surface area contributed by atoms with E-state index in [4.69, 9.17) is 9.84 Å². The molecular weight excluding hydrogens is 356 g/mol. The molecule has 0 aliphatic rings. The summed E-state index contributed by atoms with van der Waals surface area (Å²) >= 11 is 0.